The quantitative estimate of drug-likeness (QED) is 0.788. The zero-order valence-corrected chi connectivity index (χ0v) is 11.7. The van der Waals surface area contributed by atoms with Crippen molar-refractivity contribution in [1.82, 2.24) is 5.32 Å². The van der Waals surface area contributed by atoms with Crippen molar-refractivity contribution in [2.45, 2.75) is 63.7 Å². The first kappa shape index (κ1) is 12.8. The first-order chi connectivity index (χ1) is 7.81. The lowest BCUT2D eigenvalue weighted by Crippen LogP contribution is -2.33. The molecule has 2 saturated carbocycles. The zero-order valence-electron chi connectivity index (χ0n) is 10.9. The maximum atomic E-state index is 3.64. The Kier molecular flexibility index (Phi) is 5.02. The summed E-state index contributed by atoms with van der Waals surface area (Å²) in [6, 6.07) is 0.797. The van der Waals surface area contributed by atoms with Crippen molar-refractivity contribution in [2.75, 3.05) is 12.3 Å². The van der Waals surface area contributed by atoms with Crippen LogP contribution in [-0.2, 0) is 0 Å². The summed E-state index contributed by atoms with van der Waals surface area (Å²) in [5, 5.41) is 4.57. The Morgan fingerprint density at radius 1 is 1.12 bits per heavy atom. The Hall–Kier alpha value is 0.310. The molecule has 0 aliphatic heterocycles. The highest BCUT2D eigenvalue weighted by Gasteiger charge is 2.32. The minimum Gasteiger partial charge on any atom is -0.314 e. The number of nitrogens with one attached hydrogen (secondary N) is 1. The van der Waals surface area contributed by atoms with E-state index in [1.54, 1.807) is 0 Å². The molecule has 0 aromatic rings. The van der Waals surface area contributed by atoms with Crippen LogP contribution >= 0.6 is 11.8 Å². The molecule has 0 aromatic heterocycles. The molecule has 0 amide bonds. The van der Waals surface area contributed by atoms with Crippen LogP contribution in [0.3, 0.4) is 0 Å². The summed E-state index contributed by atoms with van der Waals surface area (Å²) in [5.41, 5.74) is 0. The van der Waals surface area contributed by atoms with Gasteiger partial charge in [0.05, 0.1) is 0 Å². The predicted molar refractivity (Wildman–Crippen MR) is 74.1 cm³/mol. The van der Waals surface area contributed by atoms with Gasteiger partial charge in [0.15, 0.2) is 0 Å². The van der Waals surface area contributed by atoms with Crippen molar-refractivity contribution >= 4 is 11.8 Å². The van der Waals surface area contributed by atoms with Crippen LogP contribution in [0.5, 0.6) is 0 Å². The fraction of sp³-hybridized carbons (Fsp3) is 1.00. The van der Waals surface area contributed by atoms with Gasteiger partial charge in [-0.05, 0) is 49.8 Å². The van der Waals surface area contributed by atoms with Gasteiger partial charge in [0.25, 0.3) is 0 Å². The minimum atomic E-state index is 0.797. The van der Waals surface area contributed by atoms with Gasteiger partial charge in [0.1, 0.15) is 0 Å². The van der Waals surface area contributed by atoms with E-state index in [1.165, 1.54) is 44.3 Å². The molecule has 0 saturated heterocycles. The average Bonchev–Trinajstić information content (AvgIpc) is 2.89. The summed E-state index contributed by atoms with van der Waals surface area (Å²) in [6.45, 7) is 5.81. The van der Waals surface area contributed by atoms with Crippen LogP contribution in [0.25, 0.3) is 0 Å². The van der Waals surface area contributed by atoms with Crippen molar-refractivity contribution in [1.29, 1.82) is 0 Å². The molecule has 16 heavy (non-hydrogen) atoms. The van der Waals surface area contributed by atoms with E-state index >= 15 is 0 Å². The monoisotopic (exact) mass is 241 g/mol. The van der Waals surface area contributed by atoms with E-state index in [2.05, 4.69) is 30.9 Å². The van der Waals surface area contributed by atoms with Crippen molar-refractivity contribution < 1.29 is 0 Å². The second-order valence-corrected chi connectivity index (χ2v) is 6.90. The molecule has 2 fully saturated rings. The van der Waals surface area contributed by atoms with E-state index in [1.807, 2.05) is 0 Å². The SMILES string of the molecule is CCNC1CCC(SCC2CCCC2)C1C. The third kappa shape index (κ3) is 3.16. The molecule has 0 heterocycles. The van der Waals surface area contributed by atoms with E-state index in [0.29, 0.717) is 0 Å². The molecule has 2 aliphatic carbocycles. The molecule has 2 rings (SSSR count). The standard InChI is InChI=1S/C14H27NS/c1-3-15-13-8-9-14(11(13)2)16-10-12-6-4-5-7-12/h11-15H,3-10H2,1-2H3. The lowest BCUT2D eigenvalue weighted by molar-refractivity contribution is 0.441. The molecular formula is C14H27NS. The van der Waals surface area contributed by atoms with Gasteiger partial charge in [0, 0.05) is 11.3 Å². The second-order valence-electron chi connectivity index (χ2n) is 5.62. The Morgan fingerprint density at radius 2 is 1.88 bits per heavy atom. The fourth-order valence-electron chi connectivity index (χ4n) is 3.35. The Morgan fingerprint density at radius 3 is 2.56 bits per heavy atom. The van der Waals surface area contributed by atoms with Crippen LogP contribution in [0.1, 0.15) is 52.4 Å². The van der Waals surface area contributed by atoms with Crippen LogP contribution in [0, 0.1) is 11.8 Å². The number of hydrogen-bond acceptors (Lipinski definition) is 2. The van der Waals surface area contributed by atoms with E-state index in [9.17, 15) is 0 Å². The van der Waals surface area contributed by atoms with Gasteiger partial charge in [0.2, 0.25) is 0 Å². The van der Waals surface area contributed by atoms with Crippen LogP contribution < -0.4 is 5.32 Å². The van der Waals surface area contributed by atoms with Gasteiger partial charge in [-0.15, -0.1) is 0 Å². The maximum Gasteiger partial charge on any atom is 0.0103 e. The summed E-state index contributed by atoms with van der Waals surface area (Å²) >= 11 is 2.28. The molecule has 0 spiro atoms. The Bertz CT molecular complexity index is 201. The molecule has 2 heteroatoms. The highest BCUT2D eigenvalue weighted by atomic mass is 32.2. The van der Waals surface area contributed by atoms with Gasteiger partial charge in [-0.2, -0.15) is 11.8 Å². The molecule has 0 aromatic carbocycles. The number of hydrogen-bond donors (Lipinski definition) is 1. The summed E-state index contributed by atoms with van der Waals surface area (Å²) in [4.78, 5) is 0. The molecular weight excluding hydrogens is 214 g/mol. The number of thioether (sulfide) groups is 1. The summed E-state index contributed by atoms with van der Waals surface area (Å²) in [7, 11) is 0. The van der Waals surface area contributed by atoms with Gasteiger partial charge in [-0.3, -0.25) is 0 Å². The van der Waals surface area contributed by atoms with E-state index in [4.69, 9.17) is 0 Å². The predicted octanol–water partition coefficient (Wildman–Crippen LogP) is 3.69. The largest absolute Gasteiger partial charge is 0.314 e. The van der Waals surface area contributed by atoms with Gasteiger partial charge < -0.3 is 5.32 Å². The van der Waals surface area contributed by atoms with Crippen LogP contribution in [-0.4, -0.2) is 23.6 Å². The third-order valence-corrected chi connectivity index (χ3v) is 6.23. The Balaban J connectivity index is 1.69. The molecule has 0 radical (unpaired) electrons. The van der Waals surface area contributed by atoms with Crippen LogP contribution in [0.4, 0.5) is 0 Å². The van der Waals surface area contributed by atoms with Crippen molar-refractivity contribution in [3.63, 3.8) is 0 Å². The molecule has 1 nitrogen and oxygen atoms in total. The molecule has 0 bridgehead atoms. The maximum absolute atomic E-state index is 3.64. The summed E-state index contributed by atoms with van der Waals surface area (Å²) in [5.74, 6) is 3.37. The normalized spacial score (nSPS) is 36.0. The Labute approximate surface area is 105 Å². The lowest BCUT2D eigenvalue weighted by atomic mass is 10.1. The first-order valence-electron chi connectivity index (χ1n) is 7.16. The van der Waals surface area contributed by atoms with E-state index < -0.39 is 0 Å². The second kappa shape index (κ2) is 6.30. The smallest absolute Gasteiger partial charge is 0.0103 e. The van der Waals surface area contributed by atoms with Crippen LogP contribution in [0.2, 0.25) is 0 Å². The van der Waals surface area contributed by atoms with Gasteiger partial charge >= 0.3 is 0 Å². The van der Waals surface area contributed by atoms with E-state index in [0.717, 1.165) is 29.7 Å². The molecule has 94 valence electrons. The lowest BCUT2D eigenvalue weighted by Gasteiger charge is -2.22. The summed E-state index contributed by atoms with van der Waals surface area (Å²) < 4.78 is 0. The fourth-order valence-corrected chi connectivity index (χ4v) is 5.00. The van der Waals surface area contributed by atoms with Crippen LogP contribution in [0.15, 0.2) is 0 Å². The van der Waals surface area contributed by atoms with Crippen molar-refractivity contribution in [2.24, 2.45) is 11.8 Å². The minimum absolute atomic E-state index is 0.797. The van der Waals surface area contributed by atoms with E-state index in [-0.39, 0.29) is 0 Å². The first-order valence-corrected chi connectivity index (χ1v) is 8.21. The van der Waals surface area contributed by atoms with Gasteiger partial charge in [-0.1, -0.05) is 26.7 Å². The molecule has 1 N–H and O–H groups in total. The highest BCUT2D eigenvalue weighted by Crippen LogP contribution is 2.38. The topological polar surface area (TPSA) is 12.0 Å². The molecule has 3 atom stereocenters. The van der Waals surface area contributed by atoms with Crippen molar-refractivity contribution in [3.05, 3.63) is 0 Å². The van der Waals surface area contributed by atoms with Gasteiger partial charge in [-0.25, -0.2) is 0 Å². The number of rotatable bonds is 5. The third-order valence-electron chi connectivity index (χ3n) is 4.47. The van der Waals surface area contributed by atoms with Crippen molar-refractivity contribution in [3.8, 4) is 0 Å². The molecule has 2 aliphatic rings. The molecule has 3 unspecified atom stereocenters. The summed E-state index contributed by atoms with van der Waals surface area (Å²) in [6.07, 6.45) is 8.83. The average molecular weight is 241 g/mol. The zero-order chi connectivity index (χ0) is 11.4. The highest BCUT2D eigenvalue weighted by molar-refractivity contribution is 7.99.